The van der Waals surface area contributed by atoms with Crippen LogP contribution in [0, 0.1) is 0 Å². The minimum absolute atomic E-state index is 0.111. The van der Waals surface area contributed by atoms with Gasteiger partial charge in [-0.05, 0) is 48.7 Å². The molecule has 1 fully saturated rings. The molecule has 1 aromatic heterocycles. The lowest BCUT2D eigenvalue weighted by molar-refractivity contribution is -0.127. The van der Waals surface area contributed by atoms with Gasteiger partial charge in [0.2, 0.25) is 17.6 Å². The number of carbonyl (C=O) groups is 1. The molecule has 0 bridgehead atoms. The summed E-state index contributed by atoms with van der Waals surface area (Å²) in [5.74, 6) is 2.02. The maximum absolute atomic E-state index is 12.9. The van der Waals surface area contributed by atoms with E-state index in [2.05, 4.69) is 10.1 Å². The Labute approximate surface area is 185 Å². The zero-order valence-electron chi connectivity index (χ0n) is 17.2. The topological polar surface area (TPSA) is 77.7 Å². The van der Waals surface area contributed by atoms with Crippen LogP contribution in [0.4, 0.5) is 0 Å². The summed E-state index contributed by atoms with van der Waals surface area (Å²) in [7, 11) is 3.16. The van der Waals surface area contributed by atoms with Gasteiger partial charge in [0.05, 0.1) is 14.2 Å². The Hall–Kier alpha value is -3.32. The number of likely N-dealkylation sites (tertiary alicyclic amines) is 1. The normalized spacial score (nSPS) is 16.1. The molecule has 0 N–H and O–H groups in total. The van der Waals surface area contributed by atoms with Crippen LogP contribution in [0.1, 0.15) is 30.3 Å². The van der Waals surface area contributed by atoms with Gasteiger partial charge in [0, 0.05) is 23.2 Å². The average Bonchev–Trinajstić information content (AvgIpc) is 3.47. The van der Waals surface area contributed by atoms with E-state index >= 15 is 0 Å². The molecule has 2 heterocycles. The fourth-order valence-electron chi connectivity index (χ4n) is 3.62. The first-order chi connectivity index (χ1) is 15.1. The molecule has 1 amide bonds. The highest BCUT2D eigenvalue weighted by Crippen LogP contribution is 2.33. The van der Waals surface area contributed by atoms with Gasteiger partial charge in [0.25, 0.3) is 0 Å². The van der Waals surface area contributed by atoms with E-state index in [-0.39, 0.29) is 11.9 Å². The van der Waals surface area contributed by atoms with Crippen LogP contribution in [0.5, 0.6) is 11.5 Å². The monoisotopic (exact) mass is 439 g/mol. The lowest BCUT2D eigenvalue weighted by atomic mass is 10.1. The molecule has 0 aliphatic carbocycles. The third-order valence-corrected chi connectivity index (χ3v) is 5.41. The van der Waals surface area contributed by atoms with Gasteiger partial charge in [-0.2, -0.15) is 4.98 Å². The van der Waals surface area contributed by atoms with Gasteiger partial charge in [-0.3, -0.25) is 4.79 Å². The molecule has 8 heteroatoms. The van der Waals surface area contributed by atoms with E-state index in [1.807, 2.05) is 24.3 Å². The summed E-state index contributed by atoms with van der Waals surface area (Å²) < 4.78 is 16.1. The van der Waals surface area contributed by atoms with E-state index in [1.165, 1.54) is 0 Å². The number of halogens is 1. The largest absolute Gasteiger partial charge is 0.493 e. The van der Waals surface area contributed by atoms with Crippen molar-refractivity contribution >= 4 is 23.6 Å². The highest BCUT2D eigenvalue weighted by Gasteiger charge is 2.33. The molecule has 2 aromatic carbocycles. The Morgan fingerprint density at radius 1 is 1.19 bits per heavy atom. The second-order valence-corrected chi connectivity index (χ2v) is 7.54. The molecule has 0 spiro atoms. The number of amides is 1. The van der Waals surface area contributed by atoms with Gasteiger partial charge in [-0.15, -0.1) is 0 Å². The fraction of sp³-hybridized carbons (Fsp3) is 0.261. The number of ether oxygens (including phenoxy) is 2. The van der Waals surface area contributed by atoms with Crippen molar-refractivity contribution < 1.29 is 18.8 Å². The summed E-state index contributed by atoms with van der Waals surface area (Å²) in [4.78, 5) is 19.1. The summed E-state index contributed by atoms with van der Waals surface area (Å²) in [5.41, 5.74) is 1.61. The molecule has 160 valence electrons. The molecule has 1 unspecified atom stereocenters. The van der Waals surface area contributed by atoms with Crippen molar-refractivity contribution in [2.45, 2.75) is 18.9 Å². The number of methoxy groups -OCH3 is 2. The SMILES string of the molecule is COc1ccc(/C=C/C(=O)N2CCCC2c2nc(-c3cccc(Cl)c3)no2)cc1OC. The number of hydrogen-bond donors (Lipinski definition) is 0. The van der Waals surface area contributed by atoms with E-state index in [9.17, 15) is 4.79 Å². The first-order valence-electron chi connectivity index (χ1n) is 9.89. The van der Waals surface area contributed by atoms with Gasteiger partial charge in [0.1, 0.15) is 6.04 Å². The molecule has 1 aliphatic rings. The molecule has 0 radical (unpaired) electrons. The zero-order valence-corrected chi connectivity index (χ0v) is 18.0. The van der Waals surface area contributed by atoms with Gasteiger partial charge < -0.3 is 18.9 Å². The summed E-state index contributed by atoms with van der Waals surface area (Å²) >= 11 is 6.05. The molecule has 7 nitrogen and oxygen atoms in total. The Morgan fingerprint density at radius 3 is 2.81 bits per heavy atom. The van der Waals surface area contributed by atoms with Gasteiger partial charge in [-0.1, -0.05) is 35.0 Å². The Kier molecular flexibility index (Phi) is 6.23. The van der Waals surface area contributed by atoms with Crippen LogP contribution in [0.25, 0.3) is 17.5 Å². The maximum Gasteiger partial charge on any atom is 0.249 e. The summed E-state index contributed by atoms with van der Waals surface area (Å²) in [6.45, 7) is 0.634. The van der Waals surface area contributed by atoms with Crippen molar-refractivity contribution in [2.24, 2.45) is 0 Å². The van der Waals surface area contributed by atoms with E-state index in [1.54, 1.807) is 49.5 Å². The lowest BCUT2D eigenvalue weighted by Crippen LogP contribution is -2.29. The highest BCUT2D eigenvalue weighted by atomic mass is 35.5. The molecule has 3 aromatic rings. The Morgan fingerprint density at radius 2 is 2.03 bits per heavy atom. The van der Waals surface area contributed by atoms with Gasteiger partial charge >= 0.3 is 0 Å². The zero-order chi connectivity index (χ0) is 21.8. The van der Waals surface area contributed by atoms with E-state index in [0.717, 1.165) is 24.0 Å². The number of benzene rings is 2. The number of rotatable bonds is 6. The average molecular weight is 440 g/mol. The molecule has 0 saturated carbocycles. The van der Waals surface area contributed by atoms with Gasteiger partial charge in [0.15, 0.2) is 11.5 Å². The van der Waals surface area contributed by atoms with Crippen LogP contribution in [-0.2, 0) is 4.79 Å². The molecule has 1 saturated heterocycles. The second-order valence-electron chi connectivity index (χ2n) is 7.10. The molecule has 1 atom stereocenters. The summed E-state index contributed by atoms with van der Waals surface area (Å²) in [5, 5.41) is 4.67. The second kappa shape index (κ2) is 9.22. The third kappa shape index (κ3) is 4.56. The quantitative estimate of drug-likeness (QED) is 0.514. The standard InChI is InChI=1S/C23H22ClN3O4/c1-29-19-10-8-15(13-20(19)30-2)9-11-21(28)27-12-4-7-18(27)23-25-22(26-31-23)16-5-3-6-17(24)14-16/h3,5-6,8-11,13-14,18H,4,7,12H2,1-2H3/b11-9+. The lowest BCUT2D eigenvalue weighted by Gasteiger charge is -2.20. The van der Waals surface area contributed by atoms with Crippen LogP contribution in [0.3, 0.4) is 0 Å². The number of carbonyl (C=O) groups excluding carboxylic acids is 1. The molecular formula is C23H22ClN3O4. The van der Waals surface area contributed by atoms with Crippen LogP contribution in [0.2, 0.25) is 5.02 Å². The minimum Gasteiger partial charge on any atom is -0.493 e. The van der Waals surface area contributed by atoms with Crippen molar-refractivity contribution in [1.29, 1.82) is 0 Å². The Bertz CT molecular complexity index is 1110. The van der Waals surface area contributed by atoms with Crippen LogP contribution in [-0.4, -0.2) is 41.7 Å². The molecule has 1 aliphatic heterocycles. The van der Waals surface area contributed by atoms with Crippen LogP contribution in [0.15, 0.2) is 53.1 Å². The summed E-state index contributed by atoms with van der Waals surface area (Å²) in [6.07, 6.45) is 4.95. The molecule has 4 rings (SSSR count). The fourth-order valence-corrected chi connectivity index (χ4v) is 3.81. The number of hydrogen-bond acceptors (Lipinski definition) is 6. The van der Waals surface area contributed by atoms with Crippen molar-refractivity contribution in [1.82, 2.24) is 15.0 Å². The van der Waals surface area contributed by atoms with E-state index in [4.69, 9.17) is 25.6 Å². The van der Waals surface area contributed by atoms with Crippen molar-refractivity contribution in [3.05, 3.63) is 65.0 Å². The molecular weight excluding hydrogens is 418 g/mol. The molecule has 31 heavy (non-hydrogen) atoms. The third-order valence-electron chi connectivity index (χ3n) is 5.17. The van der Waals surface area contributed by atoms with Crippen LogP contribution >= 0.6 is 11.6 Å². The first kappa shape index (κ1) is 20.9. The minimum atomic E-state index is -0.247. The first-order valence-corrected chi connectivity index (χ1v) is 10.3. The summed E-state index contributed by atoms with van der Waals surface area (Å²) in [6, 6.07) is 12.5. The maximum atomic E-state index is 12.9. The van der Waals surface area contributed by atoms with Gasteiger partial charge in [-0.25, -0.2) is 0 Å². The highest BCUT2D eigenvalue weighted by molar-refractivity contribution is 6.30. The number of aromatic nitrogens is 2. The van der Waals surface area contributed by atoms with Crippen molar-refractivity contribution in [2.75, 3.05) is 20.8 Å². The van der Waals surface area contributed by atoms with Crippen molar-refractivity contribution in [3.8, 4) is 22.9 Å². The van der Waals surface area contributed by atoms with E-state index in [0.29, 0.717) is 34.8 Å². The predicted octanol–water partition coefficient (Wildman–Crippen LogP) is 4.78. The predicted molar refractivity (Wildman–Crippen MR) is 117 cm³/mol. The number of nitrogens with zero attached hydrogens (tertiary/aromatic N) is 3. The Balaban J connectivity index is 1.50. The van der Waals surface area contributed by atoms with E-state index < -0.39 is 0 Å². The van der Waals surface area contributed by atoms with Crippen molar-refractivity contribution in [3.63, 3.8) is 0 Å². The van der Waals surface area contributed by atoms with Crippen LogP contribution < -0.4 is 9.47 Å². The smallest absolute Gasteiger partial charge is 0.249 e.